The Labute approximate surface area is 118 Å². The van der Waals surface area contributed by atoms with Crippen LogP contribution in [0.15, 0.2) is 30.3 Å². The summed E-state index contributed by atoms with van der Waals surface area (Å²) in [5, 5.41) is 8.66. The van der Waals surface area contributed by atoms with Crippen LogP contribution in [0.5, 0.6) is 0 Å². The molecule has 0 saturated heterocycles. The zero-order valence-corrected chi connectivity index (χ0v) is 11.2. The van der Waals surface area contributed by atoms with Gasteiger partial charge in [-0.3, -0.25) is 0 Å². The van der Waals surface area contributed by atoms with Crippen molar-refractivity contribution in [3.63, 3.8) is 0 Å². The van der Waals surface area contributed by atoms with Gasteiger partial charge >= 0.3 is 21.6 Å². The summed E-state index contributed by atoms with van der Waals surface area (Å²) in [5.74, 6) is -1.88. The molecule has 0 saturated carbocycles. The van der Waals surface area contributed by atoms with Crippen LogP contribution in [0.4, 0.5) is 13.2 Å². The van der Waals surface area contributed by atoms with Gasteiger partial charge < -0.3 is 9.84 Å². The predicted molar refractivity (Wildman–Crippen MR) is 63.6 cm³/mol. The summed E-state index contributed by atoms with van der Waals surface area (Å²) in [6.07, 6.45) is -2.28. The van der Waals surface area contributed by atoms with Crippen molar-refractivity contribution < 1.29 is 40.4 Å². The van der Waals surface area contributed by atoms with Gasteiger partial charge in [-0.1, -0.05) is 30.3 Å². The van der Waals surface area contributed by atoms with Crippen LogP contribution in [0.1, 0.15) is 5.56 Å². The Morgan fingerprint density at radius 2 is 1.81 bits per heavy atom. The van der Waals surface area contributed by atoms with E-state index in [1.165, 1.54) is 0 Å². The first-order valence-electron chi connectivity index (χ1n) is 5.47. The van der Waals surface area contributed by atoms with Crippen LogP contribution in [0.25, 0.3) is 0 Å². The van der Waals surface area contributed by atoms with E-state index in [1.54, 1.807) is 30.3 Å². The van der Waals surface area contributed by atoms with Crippen LogP contribution < -0.4 is 0 Å². The summed E-state index contributed by atoms with van der Waals surface area (Å²) in [6, 6.07) is 8.37. The standard InChI is InChI=1S/C11H11F3O6S/c12-11(13,14)21(17,18)20-9(10(15)16)7-19-6-8-4-2-1-3-5-8/h1-5,9H,6-7H2,(H,15,16)/t9-/m0/s1. The van der Waals surface area contributed by atoms with Crippen molar-refractivity contribution in [3.05, 3.63) is 35.9 Å². The van der Waals surface area contributed by atoms with Gasteiger partial charge in [-0.05, 0) is 5.56 Å². The largest absolute Gasteiger partial charge is 0.523 e. The topological polar surface area (TPSA) is 89.9 Å². The zero-order chi connectivity index (χ0) is 16.1. The number of carbonyl (C=O) groups is 1. The van der Waals surface area contributed by atoms with Gasteiger partial charge in [0.2, 0.25) is 0 Å². The Hall–Kier alpha value is -1.65. The highest BCUT2D eigenvalue weighted by Crippen LogP contribution is 2.25. The molecule has 10 heteroatoms. The summed E-state index contributed by atoms with van der Waals surface area (Å²) < 4.78 is 66.2. The Morgan fingerprint density at radius 3 is 2.29 bits per heavy atom. The average Bonchev–Trinajstić information content (AvgIpc) is 2.37. The molecule has 0 aliphatic rings. The number of ether oxygens (including phenoxy) is 1. The molecule has 0 unspecified atom stereocenters. The van der Waals surface area contributed by atoms with Crippen molar-refractivity contribution in [3.8, 4) is 0 Å². The molecule has 0 amide bonds. The van der Waals surface area contributed by atoms with Gasteiger partial charge in [-0.2, -0.15) is 21.6 Å². The van der Waals surface area contributed by atoms with Gasteiger partial charge in [0.25, 0.3) is 0 Å². The van der Waals surface area contributed by atoms with E-state index in [0.29, 0.717) is 5.56 Å². The van der Waals surface area contributed by atoms with Crippen molar-refractivity contribution >= 4 is 16.1 Å². The molecule has 118 valence electrons. The van der Waals surface area contributed by atoms with E-state index in [4.69, 9.17) is 9.84 Å². The summed E-state index contributed by atoms with van der Waals surface area (Å²) in [7, 11) is -6.00. The maximum absolute atomic E-state index is 12.1. The maximum atomic E-state index is 12.1. The van der Waals surface area contributed by atoms with Crippen LogP contribution in [0, 0.1) is 0 Å². The third kappa shape index (κ3) is 5.33. The molecular weight excluding hydrogens is 317 g/mol. The number of carboxylic acids is 1. The molecule has 0 fully saturated rings. The Balaban J connectivity index is 2.61. The van der Waals surface area contributed by atoms with Gasteiger partial charge in [0.15, 0.2) is 6.10 Å². The van der Waals surface area contributed by atoms with E-state index in [0.717, 1.165) is 0 Å². The van der Waals surface area contributed by atoms with E-state index in [-0.39, 0.29) is 6.61 Å². The number of benzene rings is 1. The number of carboxylic acid groups (broad SMARTS) is 1. The fourth-order valence-corrected chi connectivity index (χ4v) is 1.76. The second-order valence-corrected chi connectivity index (χ2v) is 5.39. The third-order valence-electron chi connectivity index (χ3n) is 2.18. The highest BCUT2D eigenvalue weighted by atomic mass is 32.2. The number of aliphatic carboxylic acids is 1. The molecule has 0 heterocycles. The second kappa shape index (κ2) is 6.87. The quantitative estimate of drug-likeness (QED) is 0.603. The molecule has 1 atom stereocenters. The van der Waals surface area contributed by atoms with Crippen molar-refractivity contribution in [2.24, 2.45) is 0 Å². The molecule has 0 bridgehead atoms. The van der Waals surface area contributed by atoms with Gasteiger partial charge in [0.05, 0.1) is 13.2 Å². The van der Waals surface area contributed by atoms with Gasteiger partial charge in [-0.25, -0.2) is 8.98 Å². The molecule has 1 aromatic rings. The number of rotatable bonds is 7. The zero-order valence-electron chi connectivity index (χ0n) is 10.4. The monoisotopic (exact) mass is 328 g/mol. The first kappa shape index (κ1) is 17.4. The van der Waals surface area contributed by atoms with Gasteiger partial charge in [0, 0.05) is 0 Å². The lowest BCUT2D eigenvalue weighted by Crippen LogP contribution is -2.36. The van der Waals surface area contributed by atoms with Crippen LogP contribution in [-0.2, 0) is 30.4 Å². The molecule has 21 heavy (non-hydrogen) atoms. The third-order valence-corrected chi connectivity index (χ3v) is 3.24. The predicted octanol–water partition coefficient (Wildman–Crippen LogP) is 1.52. The lowest BCUT2D eigenvalue weighted by molar-refractivity contribution is -0.149. The van der Waals surface area contributed by atoms with Crippen molar-refractivity contribution in [1.29, 1.82) is 0 Å². The first-order chi connectivity index (χ1) is 9.63. The van der Waals surface area contributed by atoms with E-state index in [1.807, 2.05) is 0 Å². The van der Waals surface area contributed by atoms with Gasteiger partial charge in [-0.15, -0.1) is 0 Å². The first-order valence-corrected chi connectivity index (χ1v) is 6.88. The molecule has 1 rings (SSSR count). The number of alkyl halides is 3. The molecule has 0 aromatic heterocycles. The van der Waals surface area contributed by atoms with Crippen LogP contribution >= 0.6 is 0 Å². The minimum Gasteiger partial charge on any atom is -0.479 e. The molecule has 0 spiro atoms. The molecular formula is C11H11F3O6S. The highest BCUT2D eigenvalue weighted by Gasteiger charge is 2.49. The van der Waals surface area contributed by atoms with Crippen LogP contribution in [0.3, 0.4) is 0 Å². The van der Waals surface area contributed by atoms with E-state index in [9.17, 15) is 26.4 Å². The molecule has 0 aliphatic heterocycles. The normalized spacial score (nSPS) is 13.9. The second-order valence-electron chi connectivity index (χ2n) is 3.82. The Bertz CT molecular complexity index is 569. The maximum Gasteiger partial charge on any atom is 0.523 e. The summed E-state index contributed by atoms with van der Waals surface area (Å²) in [6.45, 7) is -0.945. The van der Waals surface area contributed by atoms with Crippen LogP contribution in [0.2, 0.25) is 0 Å². The van der Waals surface area contributed by atoms with Crippen LogP contribution in [-0.4, -0.2) is 37.7 Å². The molecule has 6 nitrogen and oxygen atoms in total. The van der Waals surface area contributed by atoms with E-state index < -0.39 is 34.3 Å². The number of hydrogen-bond donors (Lipinski definition) is 1. The van der Waals surface area contributed by atoms with Crippen molar-refractivity contribution in [2.75, 3.05) is 6.61 Å². The molecule has 0 radical (unpaired) electrons. The van der Waals surface area contributed by atoms with E-state index in [2.05, 4.69) is 4.18 Å². The lowest BCUT2D eigenvalue weighted by Gasteiger charge is -2.15. The van der Waals surface area contributed by atoms with Gasteiger partial charge in [0.1, 0.15) is 0 Å². The smallest absolute Gasteiger partial charge is 0.479 e. The van der Waals surface area contributed by atoms with E-state index >= 15 is 0 Å². The summed E-state index contributed by atoms with van der Waals surface area (Å²) >= 11 is 0. The SMILES string of the molecule is O=C(O)[C@H](COCc1ccccc1)OS(=O)(=O)C(F)(F)F. The lowest BCUT2D eigenvalue weighted by atomic mass is 10.2. The molecule has 0 aliphatic carbocycles. The molecule has 1 aromatic carbocycles. The summed E-state index contributed by atoms with van der Waals surface area (Å²) in [4.78, 5) is 10.7. The summed E-state index contributed by atoms with van der Waals surface area (Å²) in [5.41, 5.74) is -5.06. The fourth-order valence-electron chi connectivity index (χ4n) is 1.21. The average molecular weight is 328 g/mol. The van der Waals surface area contributed by atoms with Crippen molar-refractivity contribution in [2.45, 2.75) is 18.2 Å². The minimum absolute atomic E-state index is 0.0972. The fraction of sp³-hybridized carbons (Fsp3) is 0.364. The number of hydrogen-bond acceptors (Lipinski definition) is 5. The van der Waals surface area contributed by atoms with Crippen molar-refractivity contribution in [1.82, 2.24) is 0 Å². The number of halogens is 3. The molecule has 1 N–H and O–H groups in total. The minimum atomic E-state index is -6.00. The highest BCUT2D eigenvalue weighted by molar-refractivity contribution is 7.87. The Morgan fingerprint density at radius 1 is 1.24 bits per heavy atom. The Kier molecular flexibility index (Phi) is 5.70.